The number of carbonyl (C=O) groups is 1. The van der Waals surface area contributed by atoms with Crippen LogP contribution >= 0.6 is 11.6 Å². The smallest absolute Gasteiger partial charge is 0.183 e. The molecule has 0 radical (unpaired) electrons. The van der Waals surface area contributed by atoms with Crippen LogP contribution in [0.4, 0.5) is 8.78 Å². The van der Waals surface area contributed by atoms with Gasteiger partial charge in [0.05, 0.1) is 12.1 Å². The number of phenolic OH excluding ortho intramolecular Hbond substituents is 1. The SMILES string of the molecule is CNCC(=O)c1c(O)cc(F)c(Cl)c1F. The molecule has 0 bridgehead atoms. The van der Waals surface area contributed by atoms with Crippen molar-refractivity contribution in [1.29, 1.82) is 0 Å². The first-order valence-electron chi connectivity index (χ1n) is 4.03. The highest BCUT2D eigenvalue weighted by Gasteiger charge is 2.21. The van der Waals surface area contributed by atoms with Crippen molar-refractivity contribution in [2.24, 2.45) is 0 Å². The van der Waals surface area contributed by atoms with Crippen molar-refractivity contribution < 1.29 is 18.7 Å². The third kappa shape index (κ3) is 2.24. The van der Waals surface area contributed by atoms with E-state index in [4.69, 9.17) is 11.6 Å². The third-order valence-corrected chi connectivity index (χ3v) is 2.10. The predicted molar refractivity (Wildman–Crippen MR) is 51.3 cm³/mol. The van der Waals surface area contributed by atoms with Gasteiger partial charge in [-0.15, -0.1) is 0 Å². The van der Waals surface area contributed by atoms with Crippen LogP contribution in [-0.2, 0) is 0 Å². The van der Waals surface area contributed by atoms with Crippen molar-refractivity contribution in [3.63, 3.8) is 0 Å². The molecule has 1 aromatic rings. The number of rotatable bonds is 3. The molecule has 15 heavy (non-hydrogen) atoms. The zero-order chi connectivity index (χ0) is 11.6. The van der Waals surface area contributed by atoms with E-state index in [9.17, 15) is 18.7 Å². The van der Waals surface area contributed by atoms with Gasteiger partial charge in [0.25, 0.3) is 0 Å². The van der Waals surface area contributed by atoms with Crippen molar-refractivity contribution >= 4 is 17.4 Å². The minimum atomic E-state index is -1.24. The van der Waals surface area contributed by atoms with Crippen molar-refractivity contribution in [3.8, 4) is 5.75 Å². The maximum Gasteiger partial charge on any atom is 0.183 e. The Morgan fingerprint density at radius 1 is 1.60 bits per heavy atom. The molecule has 2 N–H and O–H groups in total. The fourth-order valence-electron chi connectivity index (χ4n) is 1.10. The Bertz CT molecular complexity index is 410. The summed E-state index contributed by atoms with van der Waals surface area (Å²) in [5.41, 5.74) is -0.601. The second-order valence-electron chi connectivity index (χ2n) is 2.83. The standard InChI is InChI=1S/C9H8ClF2NO2/c1-13-3-6(15)7-5(14)2-4(11)8(10)9(7)12/h2,13-14H,3H2,1H3. The molecule has 1 rings (SSSR count). The predicted octanol–water partition coefficient (Wildman–Crippen LogP) is 1.73. The molecule has 0 aliphatic heterocycles. The highest BCUT2D eigenvalue weighted by Crippen LogP contribution is 2.29. The quantitative estimate of drug-likeness (QED) is 0.620. The number of Topliss-reactive ketones (excluding diaryl/α,β-unsaturated/α-hetero) is 1. The summed E-state index contributed by atoms with van der Waals surface area (Å²) in [6.07, 6.45) is 0. The van der Waals surface area contributed by atoms with Gasteiger partial charge in [-0.05, 0) is 7.05 Å². The second kappa shape index (κ2) is 4.55. The number of nitrogens with one attached hydrogen (secondary N) is 1. The molecule has 1 aromatic carbocycles. The highest BCUT2D eigenvalue weighted by molar-refractivity contribution is 6.31. The van der Waals surface area contributed by atoms with Gasteiger partial charge in [-0.3, -0.25) is 4.79 Å². The summed E-state index contributed by atoms with van der Waals surface area (Å²) in [6, 6.07) is 0.605. The first kappa shape index (κ1) is 11.9. The fraction of sp³-hybridized carbons (Fsp3) is 0.222. The van der Waals surface area contributed by atoms with Gasteiger partial charge in [-0.2, -0.15) is 0 Å². The largest absolute Gasteiger partial charge is 0.507 e. The zero-order valence-electron chi connectivity index (χ0n) is 7.77. The minimum Gasteiger partial charge on any atom is -0.507 e. The van der Waals surface area contributed by atoms with Crippen LogP contribution in [-0.4, -0.2) is 24.5 Å². The summed E-state index contributed by atoms with van der Waals surface area (Å²) >= 11 is 5.27. The lowest BCUT2D eigenvalue weighted by Gasteiger charge is -2.06. The molecule has 0 saturated carbocycles. The van der Waals surface area contributed by atoms with Crippen LogP contribution in [0.5, 0.6) is 5.75 Å². The molecule has 0 unspecified atom stereocenters. The molecular weight excluding hydrogens is 228 g/mol. The first-order chi connectivity index (χ1) is 6.99. The monoisotopic (exact) mass is 235 g/mol. The summed E-state index contributed by atoms with van der Waals surface area (Å²) in [5.74, 6) is -3.80. The van der Waals surface area contributed by atoms with Gasteiger partial charge < -0.3 is 10.4 Å². The van der Waals surface area contributed by atoms with E-state index in [0.717, 1.165) is 0 Å². The molecule has 0 aliphatic carbocycles. The Kier molecular flexibility index (Phi) is 3.60. The molecule has 0 fully saturated rings. The van der Waals surface area contributed by atoms with E-state index in [1.807, 2.05) is 0 Å². The maximum absolute atomic E-state index is 13.3. The Morgan fingerprint density at radius 3 is 2.73 bits per heavy atom. The molecule has 3 nitrogen and oxygen atoms in total. The van der Waals surface area contributed by atoms with E-state index in [0.29, 0.717) is 6.07 Å². The molecule has 0 aliphatic rings. The van der Waals surface area contributed by atoms with Crippen LogP contribution in [0.2, 0.25) is 5.02 Å². The minimum absolute atomic E-state index is 0.174. The Hall–Kier alpha value is -1.20. The van der Waals surface area contributed by atoms with E-state index < -0.39 is 33.8 Å². The number of benzene rings is 1. The summed E-state index contributed by atoms with van der Waals surface area (Å²) in [7, 11) is 1.48. The number of hydrogen-bond donors (Lipinski definition) is 2. The van der Waals surface area contributed by atoms with Gasteiger partial charge in [-0.25, -0.2) is 8.78 Å². The number of phenols is 1. The van der Waals surface area contributed by atoms with Crippen LogP contribution in [0, 0.1) is 11.6 Å². The number of halogens is 3. The summed E-state index contributed by atoms with van der Waals surface area (Å²) in [6.45, 7) is -0.174. The summed E-state index contributed by atoms with van der Waals surface area (Å²) in [5, 5.41) is 10.9. The average Bonchev–Trinajstić information content (AvgIpc) is 2.15. The molecule has 0 aromatic heterocycles. The van der Waals surface area contributed by atoms with Crippen molar-refractivity contribution in [1.82, 2.24) is 5.32 Å². The fourth-order valence-corrected chi connectivity index (χ4v) is 1.25. The van der Waals surface area contributed by atoms with Gasteiger partial charge in [0.15, 0.2) is 11.6 Å². The lowest BCUT2D eigenvalue weighted by Crippen LogP contribution is -2.20. The van der Waals surface area contributed by atoms with Gasteiger partial charge >= 0.3 is 0 Å². The van der Waals surface area contributed by atoms with Gasteiger partial charge in [-0.1, -0.05) is 11.6 Å². The Balaban J connectivity index is 3.29. The average molecular weight is 236 g/mol. The summed E-state index contributed by atoms with van der Waals surface area (Å²) in [4.78, 5) is 11.3. The van der Waals surface area contributed by atoms with E-state index in [1.54, 1.807) is 0 Å². The Morgan fingerprint density at radius 2 is 2.20 bits per heavy atom. The van der Waals surface area contributed by atoms with Crippen molar-refractivity contribution in [2.75, 3.05) is 13.6 Å². The first-order valence-corrected chi connectivity index (χ1v) is 4.41. The van der Waals surface area contributed by atoms with Crippen molar-refractivity contribution in [3.05, 3.63) is 28.3 Å². The van der Waals surface area contributed by atoms with Gasteiger partial charge in [0, 0.05) is 6.07 Å². The lowest BCUT2D eigenvalue weighted by atomic mass is 10.1. The molecule has 0 heterocycles. The van der Waals surface area contributed by atoms with Crippen LogP contribution in [0.1, 0.15) is 10.4 Å². The van der Waals surface area contributed by atoms with Crippen LogP contribution in [0.25, 0.3) is 0 Å². The van der Waals surface area contributed by atoms with Crippen LogP contribution < -0.4 is 5.32 Å². The third-order valence-electron chi connectivity index (χ3n) is 1.76. The number of aromatic hydroxyl groups is 1. The molecule has 6 heteroatoms. The highest BCUT2D eigenvalue weighted by atomic mass is 35.5. The number of likely N-dealkylation sites (N-methyl/N-ethyl adjacent to an activating group) is 1. The van der Waals surface area contributed by atoms with Crippen LogP contribution in [0.3, 0.4) is 0 Å². The van der Waals surface area contributed by atoms with E-state index in [1.165, 1.54) is 7.05 Å². The van der Waals surface area contributed by atoms with Gasteiger partial charge in [0.1, 0.15) is 16.6 Å². The topological polar surface area (TPSA) is 49.3 Å². The lowest BCUT2D eigenvalue weighted by molar-refractivity contribution is 0.0987. The normalized spacial score (nSPS) is 10.4. The number of carbonyl (C=O) groups excluding carboxylic acids is 1. The van der Waals surface area contributed by atoms with E-state index in [-0.39, 0.29) is 6.54 Å². The maximum atomic E-state index is 13.3. The number of hydrogen-bond acceptors (Lipinski definition) is 3. The molecule has 0 atom stereocenters. The van der Waals surface area contributed by atoms with E-state index >= 15 is 0 Å². The second-order valence-corrected chi connectivity index (χ2v) is 3.21. The molecule has 82 valence electrons. The molecule has 0 amide bonds. The van der Waals surface area contributed by atoms with Gasteiger partial charge in [0.2, 0.25) is 0 Å². The van der Waals surface area contributed by atoms with E-state index in [2.05, 4.69) is 5.32 Å². The molecule has 0 spiro atoms. The summed E-state index contributed by atoms with van der Waals surface area (Å²) < 4.78 is 26.1. The Labute approximate surface area is 89.7 Å². The van der Waals surface area contributed by atoms with Crippen molar-refractivity contribution in [2.45, 2.75) is 0 Å². The van der Waals surface area contributed by atoms with Crippen LogP contribution in [0.15, 0.2) is 6.07 Å². The molecule has 0 saturated heterocycles. The molecular formula is C9H8ClF2NO2. The zero-order valence-corrected chi connectivity index (χ0v) is 8.53. The number of ketones is 1.